The van der Waals surface area contributed by atoms with Crippen LogP contribution in [0.4, 0.5) is 5.69 Å². The fourth-order valence-electron chi connectivity index (χ4n) is 1.91. The van der Waals surface area contributed by atoms with E-state index in [9.17, 15) is 0 Å². The van der Waals surface area contributed by atoms with E-state index in [1.54, 1.807) is 0 Å². The van der Waals surface area contributed by atoms with E-state index in [0.29, 0.717) is 5.88 Å². The molecule has 0 aliphatic carbocycles. The first-order valence-electron chi connectivity index (χ1n) is 6.16. The standard InChI is InChI=1S/C16H14N2O/c1-17-13-7-9-14(10-8-13)19-16-11-6-12-4-2-3-5-15(12)18-16/h2-11,17H,1H3. The van der Waals surface area contributed by atoms with Gasteiger partial charge in [-0.1, -0.05) is 18.2 Å². The van der Waals surface area contributed by atoms with E-state index >= 15 is 0 Å². The number of fused-ring (bicyclic) bond motifs is 1. The number of nitrogens with one attached hydrogen (secondary N) is 1. The monoisotopic (exact) mass is 250 g/mol. The quantitative estimate of drug-likeness (QED) is 0.760. The van der Waals surface area contributed by atoms with Gasteiger partial charge in [0.25, 0.3) is 0 Å². The second kappa shape index (κ2) is 4.98. The summed E-state index contributed by atoms with van der Waals surface area (Å²) in [6, 6.07) is 19.7. The minimum Gasteiger partial charge on any atom is -0.439 e. The van der Waals surface area contributed by atoms with E-state index in [0.717, 1.165) is 22.3 Å². The lowest BCUT2D eigenvalue weighted by atomic mass is 10.2. The molecule has 0 radical (unpaired) electrons. The molecule has 94 valence electrons. The number of ether oxygens (including phenoxy) is 1. The van der Waals surface area contributed by atoms with Crippen LogP contribution in [0, 0.1) is 0 Å². The van der Waals surface area contributed by atoms with Gasteiger partial charge in [-0.15, -0.1) is 0 Å². The summed E-state index contributed by atoms with van der Waals surface area (Å²) >= 11 is 0. The molecule has 1 aromatic heterocycles. The van der Waals surface area contributed by atoms with Crippen LogP contribution in [-0.4, -0.2) is 12.0 Å². The molecule has 0 saturated carbocycles. The van der Waals surface area contributed by atoms with Gasteiger partial charge < -0.3 is 10.1 Å². The van der Waals surface area contributed by atoms with Crippen LogP contribution in [0.15, 0.2) is 60.7 Å². The van der Waals surface area contributed by atoms with Gasteiger partial charge in [0.1, 0.15) is 5.75 Å². The van der Waals surface area contributed by atoms with Crippen LogP contribution in [0.3, 0.4) is 0 Å². The van der Waals surface area contributed by atoms with Crippen LogP contribution in [0.5, 0.6) is 11.6 Å². The minimum atomic E-state index is 0.607. The van der Waals surface area contributed by atoms with Crippen molar-refractivity contribution in [2.45, 2.75) is 0 Å². The fourth-order valence-corrected chi connectivity index (χ4v) is 1.91. The van der Waals surface area contributed by atoms with Crippen molar-refractivity contribution < 1.29 is 4.74 Å². The van der Waals surface area contributed by atoms with Crippen molar-refractivity contribution in [1.29, 1.82) is 0 Å². The topological polar surface area (TPSA) is 34.1 Å². The normalized spacial score (nSPS) is 10.4. The number of pyridine rings is 1. The number of benzene rings is 2. The predicted molar refractivity (Wildman–Crippen MR) is 77.8 cm³/mol. The zero-order valence-electron chi connectivity index (χ0n) is 10.6. The predicted octanol–water partition coefficient (Wildman–Crippen LogP) is 4.07. The summed E-state index contributed by atoms with van der Waals surface area (Å²) in [5.41, 5.74) is 1.99. The summed E-state index contributed by atoms with van der Waals surface area (Å²) < 4.78 is 5.75. The zero-order chi connectivity index (χ0) is 13.1. The minimum absolute atomic E-state index is 0.607. The van der Waals surface area contributed by atoms with E-state index in [1.807, 2.05) is 67.7 Å². The van der Waals surface area contributed by atoms with Crippen molar-refractivity contribution >= 4 is 16.6 Å². The highest BCUT2D eigenvalue weighted by Gasteiger charge is 2.00. The summed E-state index contributed by atoms with van der Waals surface area (Å²) in [6.45, 7) is 0. The summed E-state index contributed by atoms with van der Waals surface area (Å²) in [4.78, 5) is 4.48. The maximum absolute atomic E-state index is 5.75. The number of nitrogens with zero attached hydrogens (tertiary/aromatic N) is 1. The number of hydrogen-bond acceptors (Lipinski definition) is 3. The van der Waals surface area contributed by atoms with Crippen LogP contribution in [-0.2, 0) is 0 Å². The highest BCUT2D eigenvalue weighted by molar-refractivity contribution is 5.78. The van der Waals surface area contributed by atoms with Crippen LogP contribution in [0.25, 0.3) is 10.9 Å². The molecule has 0 bridgehead atoms. The summed E-state index contributed by atoms with van der Waals surface area (Å²) in [6.07, 6.45) is 0. The first-order valence-corrected chi connectivity index (χ1v) is 6.16. The van der Waals surface area contributed by atoms with Gasteiger partial charge in [0.05, 0.1) is 5.52 Å². The molecule has 19 heavy (non-hydrogen) atoms. The molecule has 1 N–H and O–H groups in total. The first-order chi connectivity index (χ1) is 9.35. The molecule has 0 saturated heterocycles. The number of hydrogen-bond donors (Lipinski definition) is 1. The van der Waals surface area contributed by atoms with E-state index in [4.69, 9.17) is 4.74 Å². The molecule has 3 aromatic rings. The van der Waals surface area contributed by atoms with E-state index in [2.05, 4.69) is 10.3 Å². The smallest absolute Gasteiger partial charge is 0.219 e. The summed E-state index contributed by atoms with van der Waals surface area (Å²) in [5.74, 6) is 1.39. The van der Waals surface area contributed by atoms with Gasteiger partial charge in [0, 0.05) is 24.2 Å². The van der Waals surface area contributed by atoms with Crippen LogP contribution < -0.4 is 10.1 Å². The molecule has 0 spiro atoms. The highest BCUT2D eigenvalue weighted by atomic mass is 16.5. The van der Waals surface area contributed by atoms with Gasteiger partial charge in [-0.2, -0.15) is 0 Å². The van der Waals surface area contributed by atoms with Gasteiger partial charge in [0.2, 0.25) is 5.88 Å². The average molecular weight is 250 g/mol. The molecule has 0 aliphatic rings. The molecule has 1 heterocycles. The summed E-state index contributed by atoms with van der Waals surface area (Å²) in [5, 5.41) is 4.18. The Bertz CT molecular complexity index is 692. The molecule has 3 rings (SSSR count). The Balaban J connectivity index is 1.87. The van der Waals surface area contributed by atoms with E-state index < -0.39 is 0 Å². The third-order valence-corrected chi connectivity index (χ3v) is 2.94. The molecule has 0 unspecified atom stereocenters. The van der Waals surface area contributed by atoms with E-state index in [1.165, 1.54) is 0 Å². The Morgan fingerprint density at radius 1 is 0.895 bits per heavy atom. The van der Waals surface area contributed by atoms with Gasteiger partial charge in [0.15, 0.2) is 0 Å². The molecule has 0 amide bonds. The molecule has 3 heteroatoms. The van der Waals surface area contributed by atoms with E-state index in [-0.39, 0.29) is 0 Å². The average Bonchev–Trinajstić information content (AvgIpc) is 2.48. The number of para-hydroxylation sites is 1. The largest absolute Gasteiger partial charge is 0.439 e. The van der Waals surface area contributed by atoms with Crippen molar-refractivity contribution in [3.05, 3.63) is 60.7 Å². The van der Waals surface area contributed by atoms with Crippen LogP contribution in [0.2, 0.25) is 0 Å². The Morgan fingerprint density at radius 3 is 2.47 bits per heavy atom. The molecular formula is C16H14N2O. The maximum Gasteiger partial charge on any atom is 0.219 e. The van der Waals surface area contributed by atoms with Crippen molar-refractivity contribution in [3.8, 4) is 11.6 Å². The Kier molecular flexibility index (Phi) is 3.02. The van der Waals surface area contributed by atoms with Crippen molar-refractivity contribution in [1.82, 2.24) is 4.98 Å². The lowest BCUT2D eigenvalue weighted by Gasteiger charge is -2.06. The lowest BCUT2D eigenvalue weighted by molar-refractivity contribution is 0.465. The molecule has 0 fully saturated rings. The second-order valence-corrected chi connectivity index (χ2v) is 4.22. The number of anilines is 1. The van der Waals surface area contributed by atoms with Gasteiger partial charge in [-0.25, -0.2) is 4.98 Å². The molecule has 3 nitrogen and oxygen atoms in total. The van der Waals surface area contributed by atoms with Crippen molar-refractivity contribution in [3.63, 3.8) is 0 Å². The third-order valence-electron chi connectivity index (χ3n) is 2.94. The van der Waals surface area contributed by atoms with Gasteiger partial charge in [-0.05, 0) is 36.4 Å². The fraction of sp³-hybridized carbons (Fsp3) is 0.0625. The zero-order valence-corrected chi connectivity index (χ0v) is 10.6. The highest BCUT2D eigenvalue weighted by Crippen LogP contribution is 2.23. The van der Waals surface area contributed by atoms with Crippen molar-refractivity contribution in [2.75, 3.05) is 12.4 Å². The Labute approximate surface area is 111 Å². The maximum atomic E-state index is 5.75. The van der Waals surface area contributed by atoms with Crippen LogP contribution in [0.1, 0.15) is 0 Å². The third kappa shape index (κ3) is 2.50. The first kappa shape index (κ1) is 11.5. The van der Waals surface area contributed by atoms with Crippen molar-refractivity contribution in [2.24, 2.45) is 0 Å². The number of aromatic nitrogens is 1. The summed E-state index contributed by atoms with van der Waals surface area (Å²) in [7, 11) is 1.89. The van der Waals surface area contributed by atoms with Gasteiger partial charge in [-0.3, -0.25) is 0 Å². The van der Waals surface area contributed by atoms with Gasteiger partial charge >= 0.3 is 0 Å². The number of rotatable bonds is 3. The molecule has 2 aromatic carbocycles. The SMILES string of the molecule is CNc1ccc(Oc2ccc3ccccc3n2)cc1. The Morgan fingerprint density at radius 2 is 1.68 bits per heavy atom. The molecule has 0 atom stereocenters. The van der Waals surface area contributed by atoms with Crippen LogP contribution >= 0.6 is 0 Å². The molecular weight excluding hydrogens is 236 g/mol. The molecule has 0 aliphatic heterocycles. The Hall–Kier alpha value is -2.55. The lowest BCUT2D eigenvalue weighted by Crippen LogP contribution is -1.90. The second-order valence-electron chi connectivity index (χ2n) is 4.22.